The highest BCUT2D eigenvalue weighted by Gasteiger charge is 2.40. The summed E-state index contributed by atoms with van der Waals surface area (Å²) in [6, 6.07) is 6.83. The lowest BCUT2D eigenvalue weighted by molar-refractivity contribution is -0.139. The summed E-state index contributed by atoms with van der Waals surface area (Å²) in [6.07, 6.45) is 4.16. The monoisotopic (exact) mass is 588 g/mol. The predicted octanol–water partition coefficient (Wildman–Crippen LogP) is 2.65. The zero-order valence-electron chi connectivity index (χ0n) is 20.0. The molecule has 9 heteroatoms. The number of hydrogen-bond donors (Lipinski definition) is 3. The van der Waals surface area contributed by atoms with Gasteiger partial charge in [0, 0.05) is 32.2 Å². The molecule has 1 aliphatic rings. The van der Waals surface area contributed by atoms with Crippen LogP contribution in [0.3, 0.4) is 0 Å². The second-order valence-electron chi connectivity index (χ2n) is 8.34. The van der Waals surface area contributed by atoms with Gasteiger partial charge in [-0.25, -0.2) is 0 Å². The SMILES string of the molecule is CCCCCCN(C(=O)CCOC)[C@@H]1CC(C(=O)NCCO)=C[C@H](Oc2ccccc2I)[C@H]1O. The number of amides is 2. The minimum absolute atomic E-state index is 0.118. The highest BCUT2D eigenvalue weighted by molar-refractivity contribution is 14.1. The Morgan fingerprint density at radius 1 is 1.24 bits per heavy atom. The number of nitrogens with one attached hydrogen (secondary N) is 1. The molecule has 2 rings (SSSR count). The fourth-order valence-corrected chi connectivity index (χ4v) is 4.50. The molecule has 0 aromatic heterocycles. The summed E-state index contributed by atoms with van der Waals surface area (Å²) < 4.78 is 12.1. The first-order valence-electron chi connectivity index (χ1n) is 11.9. The van der Waals surface area contributed by atoms with Gasteiger partial charge in [-0.15, -0.1) is 0 Å². The Morgan fingerprint density at radius 2 is 2.00 bits per heavy atom. The summed E-state index contributed by atoms with van der Waals surface area (Å²) in [6.45, 7) is 2.85. The summed E-state index contributed by atoms with van der Waals surface area (Å²) >= 11 is 2.16. The number of methoxy groups -OCH3 is 1. The van der Waals surface area contributed by atoms with Gasteiger partial charge < -0.3 is 29.9 Å². The number of aliphatic hydroxyl groups excluding tert-OH is 2. The Balaban J connectivity index is 2.33. The fraction of sp³-hybridized carbons (Fsp3) is 0.600. The molecule has 0 aliphatic heterocycles. The fourth-order valence-electron chi connectivity index (χ4n) is 3.98. The van der Waals surface area contributed by atoms with Gasteiger partial charge >= 0.3 is 0 Å². The molecular formula is C25H37IN2O6. The number of nitrogens with zero attached hydrogens (tertiary/aromatic N) is 1. The van der Waals surface area contributed by atoms with E-state index in [4.69, 9.17) is 14.6 Å². The van der Waals surface area contributed by atoms with Crippen LogP contribution in [-0.4, -0.2) is 78.6 Å². The summed E-state index contributed by atoms with van der Waals surface area (Å²) in [5.74, 6) is 0.143. The molecule has 0 fully saturated rings. The third-order valence-electron chi connectivity index (χ3n) is 5.81. The van der Waals surface area contributed by atoms with E-state index in [1.807, 2.05) is 24.3 Å². The molecule has 190 valence electrons. The Bertz CT molecular complexity index is 818. The highest BCUT2D eigenvalue weighted by Crippen LogP contribution is 2.30. The van der Waals surface area contributed by atoms with Gasteiger partial charge in [-0.1, -0.05) is 38.3 Å². The van der Waals surface area contributed by atoms with Crippen molar-refractivity contribution < 1.29 is 29.3 Å². The number of carbonyl (C=O) groups excluding carboxylic acids is 2. The van der Waals surface area contributed by atoms with E-state index >= 15 is 0 Å². The van der Waals surface area contributed by atoms with Crippen LogP contribution in [-0.2, 0) is 14.3 Å². The molecule has 1 aromatic carbocycles. The molecule has 0 bridgehead atoms. The van der Waals surface area contributed by atoms with Crippen LogP contribution >= 0.6 is 22.6 Å². The van der Waals surface area contributed by atoms with E-state index in [2.05, 4.69) is 34.8 Å². The maximum absolute atomic E-state index is 13.1. The Labute approximate surface area is 215 Å². The number of carbonyl (C=O) groups is 2. The van der Waals surface area contributed by atoms with Crippen LogP contribution in [0.4, 0.5) is 0 Å². The lowest BCUT2D eigenvalue weighted by atomic mass is 9.87. The van der Waals surface area contributed by atoms with Crippen molar-refractivity contribution in [3.8, 4) is 5.75 Å². The maximum atomic E-state index is 13.1. The van der Waals surface area contributed by atoms with Crippen LogP contribution in [0.5, 0.6) is 5.75 Å². The van der Waals surface area contributed by atoms with Gasteiger partial charge in [0.2, 0.25) is 11.8 Å². The first kappa shape index (κ1) is 28.5. The lowest BCUT2D eigenvalue weighted by Gasteiger charge is -2.40. The summed E-state index contributed by atoms with van der Waals surface area (Å²) in [5, 5.41) is 23.1. The molecule has 0 saturated carbocycles. The van der Waals surface area contributed by atoms with Gasteiger partial charge in [0.25, 0.3) is 0 Å². The number of halogens is 1. The van der Waals surface area contributed by atoms with Crippen molar-refractivity contribution in [2.75, 3.05) is 33.4 Å². The lowest BCUT2D eigenvalue weighted by Crippen LogP contribution is -2.55. The highest BCUT2D eigenvalue weighted by atomic mass is 127. The molecule has 0 radical (unpaired) electrons. The minimum Gasteiger partial charge on any atom is -0.482 e. The Hall–Kier alpha value is -1.69. The Kier molecular flexibility index (Phi) is 12.9. The zero-order valence-corrected chi connectivity index (χ0v) is 22.2. The van der Waals surface area contributed by atoms with Crippen LogP contribution in [0.25, 0.3) is 0 Å². The molecule has 1 aliphatic carbocycles. The standard InChI is InChI=1S/C25H37IN2O6/c1-3-4-5-8-13-28(23(30)11-15-33-2)20-16-18(25(32)27-12-14-29)17-22(24(20)31)34-21-10-7-6-9-19(21)26/h6-7,9-10,17,20,22,24,29,31H,3-5,8,11-16H2,1-2H3,(H,27,32)/t20-,22+,24+/m1/s1. The van der Waals surface area contributed by atoms with Gasteiger partial charge in [-0.2, -0.15) is 0 Å². The van der Waals surface area contributed by atoms with Crippen LogP contribution in [0.1, 0.15) is 45.4 Å². The smallest absolute Gasteiger partial charge is 0.247 e. The van der Waals surface area contributed by atoms with Crippen molar-refractivity contribution >= 4 is 34.4 Å². The molecule has 34 heavy (non-hydrogen) atoms. The number of unbranched alkanes of at least 4 members (excludes halogenated alkanes) is 3. The molecular weight excluding hydrogens is 551 g/mol. The van der Waals surface area contributed by atoms with Crippen molar-refractivity contribution in [1.82, 2.24) is 10.2 Å². The second-order valence-corrected chi connectivity index (χ2v) is 9.50. The molecule has 1 aromatic rings. The van der Waals surface area contributed by atoms with Gasteiger partial charge in [-0.3, -0.25) is 9.59 Å². The largest absolute Gasteiger partial charge is 0.482 e. The molecule has 3 atom stereocenters. The van der Waals surface area contributed by atoms with E-state index in [9.17, 15) is 14.7 Å². The molecule has 3 N–H and O–H groups in total. The summed E-state index contributed by atoms with van der Waals surface area (Å²) in [5.41, 5.74) is 0.429. The number of benzene rings is 1. The third-order valence-corrected chi connectivity index (χ3v) is 6.70. The quantitative estimate of drug-likeness (QED) is 0.228. The first-order valence-corrected chi connectivity index (χ1v) is 13.0. The third kappa shape index (κ3) is 8.51. The van der Waals surface area contributed by atoms with E-state index in [-0.39, 0.29) is 44.4 Å². The van der Waals surface area contributed by atoms with Crippen molar-refractivity contribution in [3.63, 3.8) is 0 Å². The van der Waals surface area contributed by atoms with Crippen LogP contribution < -0.4 is 10.1 Å². The van der Waals surface area contributed by atoms with Crippen LogP contribution in [0, 0.1) is 3.57 Å². The molecule has 8 nitrogen and oxygen atoms in total. The van der Waals surface area contributed by atoms with Gasteiger partial charge in [0.05, 0.1) is 29.2 Å². The minimum atomic E-state index is -1.01. The zero-order chi connectivity index (χ0) is 24.9. The first-order chi connectivity index (χ1) is 16.4. The van der Waals surface area contributed by atoms with Crippen molar-refractivity contribution in [2.45, 2.75) is 63.7 Å². The Morgan fingerprint density at radius 3 is 2.68 bits per heavy atom. The van der Waals surface area contributed by atoms with Gasteiger partial charge in [-0.05, 0) is 47.2 Å². The van der Waals surface area contributed by atoms with Crippen molar-refractivity contribution in [3.05, 3.63) is 39.5 Å². The van der Waals surface area contributed by atoms with E-state index in [0.717, 1.165) is 29.3 Å². The van der Waals surface area contributed by atoms with Gasteiger partial charge in [0.1, 0.15) is 18.0 Å². The molecule has 0 spiro atoms. The molecule has 2 amide bonds. The van der Waals surface area contributed by atoms with E-state index in [1.165, 1.54) is 0 Å². The maximum Gasteiger partial charge on any atom is 0.247 e. The summed E-state index contributed by atoms with van der Waals surface area (Å²) in [4.78, 5) is 27.6. The number of hydrogen-bond acceptors (Lipinski definition) is 6. The number of rotatable bonds is 14. The molecule has 0 saturated heterocycles. The van der Waals surface area contributed by atoms with E-state index in [0.29, 0.717) is 17.9 Å². The average Bonchev–Trinajstić information content (AvgIpc) is 2.84. The van der Waals surface area contributed by atoms with E-state index < -0.39 is 18.2 Å². The molecule has 0 heterocycles. The normalized spacial score (nSPS) is 19.9. The second kappa shape index (κ2) is 15.3. The number of ether oxygens (including phenoxy) is 2. The van der Waals surface area contributed by atoms with Gasteiger partial charge in [0.15, 0.2) is 0 Å². The predicted molar refractivity (Wildman–Crippen MR) is 139 cm³/mol. The van der Waals surface area contributed by atoms with Crippen molar-refractivity contribution in [2.24, 2.45) is 0 Å². The van der Waals surface area contributed by atoms with Crippen LogP contribution in [0.2, 0.25) is 0 Å². The van der Waals surface area contributed by atoms with E-state index in [1.54, 1.807) is 18.1 Å². The number of para-hydroxylation sites is 1. The van der Waals surface area contributed by atoms with Crippen LogP contribution in [0.15, 0.2) is 35.9 Å². The topological polar surface area (TPSA) is 108 Å². The summed E-state index contributed by atoms with van der Waals surface area (Å²) in [7, 11) is 1.55. The number of aliphatic hydroxyl groups is 2. The molecule has 0 unspecified atom stereocenters. The average molecular weight is 588 g/mol. The van der Waals surface area contributed by atoms with Crippen molar-refractivity contribution in [1.29, 1.82) is 0 Å².